The molecule has 3 aromatic carbocycles. The SMILES string of the molecule is COc1cc([C@H]2NC(=O)c3ccccc3O2)ccc1OCc1ccccc1F. The zero-order chi connectivity index (χ0) is 19.5. The highest BCUT2D eigenvalue weighted by Gasteiger charge is 2.27. The first-order chi connectivity index (χ1) is 13.7. The number of hydrogen-bond acceptors (Lipinski definition) is 4. The van der Waals surface area contributed by atoms with Gasteiger partial charge in [0.05, 0.1) is 12.7 Å². The molecule has 0 spiro atoms. The molecule has 0 aromatic heterocycles. The molecule has 0 aliphatic carbocycles. The maximum Gasteiger partial charge on any atom is 0.258 e. The van der Waals surface area contributed by atoms with Crippen molar-refractivity contribution in [1.29, 1.82) is 0 Å². The third kappa shape index (κ3) is 3.49. The summed E-state index contributed by atoms with van der Waals surface area (Å²) in [5.41, 5.74) is 1.65. The molecule has 1 heterocycles. The van der Waals surface area contributed by atoms with Crippen molar-refractivity contribution in [2.24, 2.45) is 0 Å². The van der Waals surface area contributed by atoms with E-state index >= 15 is 0 Å². The lowest BCUT2D eigenvalue weighted by molar-refractivity contribution is 0.0755. The molecule has 142 valence electrons. The molecule has 4 rings (SSSR count). The van der Waals surface area contributed by atoms with Crippen LogP contribution in [0.1, 0.15) is 27.7 Å². The van der Waals surface area contributed by atoms with Crippen molar-refractivity contribution < 1.29 is 23.4 Å². The molecule has 6 heteroatoms. The predicted molar refractivity (Wildman–Crippen MR) is 101 cm³/mol. The maximum absolute atomic E-state index is 13.8. The first kappa shape index (κ1) is 17.9. The summed E-state index contributed by atoms with van der Waals surface area (Å²) in [7, 11) is 1.52. The summed E-state index contributed by atoms with van der Waals surface area (Å²) in [5.74, 6) is 0.929. The number of carbonyl (C=O) groups excluding carboxylic acids is 1. The molecule has 0 fully saturated rings. The van der Waals surface area contributed by atoms with Crippen molar-refractivity contribution in [3.05, 3.63) is 89.2 Å². The number of rotatable bonds is 5. The average molecular weight is 379 g/mol. The summed E-state index contributed by atoms with van der Waals surface area (Å²) in [4.78, 5) is 12.3. The van der Waals surface area contributed by atoms with Gasteiger partial charge >= 0.3 is 0 Å². The fraction of sp³-hybridized carbons (Fsp3) is 0.136. The summed E-state index contributed by atoms with van der Waals surface area (Å²) in [6.07, 6.45) is -0.642. The van der Waals surface area contributed by atoms with Gasteiger partial charge in [0.1, 0.15) is 18.2 Å². The highest BCUT2D eigenvalue weighted by molar-refractivity contribution is 5.98. The van der Waals surface area contributed by atoms with Crippen molar-refractivity contribution in [1.82, 2.24) is 5.32 Å². The van der Waals surface area contributed by atoms with Crippen LogP contribution in [0.5, 0.6) is 17.2 Å². The van der Waals surface area contributed by atoms with E-state index in [-0.39, 0.29) is 18.3 Å². The number of fused-ring (bicyclic) bond motifs is 1. The molecular formula is C22H18FNO4. The Kier molecular flexibility index (Phi) is 4.85. The van der Waals surface area contributed by atoms with Gasteiger partial charge in [-0.25, -0.2) is 4.39 Å². The van der Waals surface area contributed by atoms with Crippen LogP contribution < -0.4 is 19.5 Å². The number of carbonyl (C=O) groups is 1. The average Bonchev–Trinajstić information content (AvgIpc) is 2.73. The quantitative estimate of drug-likeness (QED) is 0.721. The molecule has 0 radical (unpaired) electrons. The molecule has 1 aliphatic heterocycles. The smallest absolute Gasteiger partial charge is 0.258 e. The third-order valence-electron chi connectivity index (χ3n) is 4.47. The minimum Gasteiger partial charge on any atom is -0.493 e. The minimum atomic E-state index is -0.642. The fourth-order valence-corrected chi connectivity index (χ4v) is 3.00. The summed E-state index contributed by atoms with van der Waals surface area (Å²) in [6, 6.07) is 18.7. The minimum absolute atomic E-state index is 0.0758. The summed E-state index contributed by atoms with van der Waals surface area (Å²) < 4.78 is 30.8. The molecule has 0 saturated heterocycles. The van der Waals surface area contributed by atoms with Crippen molar-refractivity contribution in [3.8, 4) is 17.2 Å². The number of ether oxygens (including phenoxy) is 3. The lowest BCUT2D eigenvalue weighted by atomic mass is 10.1. The van der Waals surface area contributed by atoms with Gasteiger partial charge in [-0.1, -0.05) is 30.3 Å². The van der Waals surface area contributed by atoms with E-state index in [2.05, 4.69) is 5.32 Å². The number of methoxy groups -OCH3 is 1. The van der Waals surface area contributed by atoms with Crippen LogP contribution in [0.25, 0.3) is 0 Å². The predicted octanol–water partition coefficient (Wildman–Crippen LogP) is 4.23. The normalized spacial score (nSPS) is 15.2. The highest BCUT2D eigenvalue weighted by atomic mass is 19.1. The number of hydrogen-bond donors (Lipinski definition) is 1. The zero-order valence-corrected chi connectivity index (χ0v) is 15.1. The maximum atomic E-state index is 13.8. The van der Waals surface area contributed by atoms with Crippen LogP contribution in [0.3, 0.4) is 0 Å². The molecule has 1 N–H and O–H groups in total. The first-order valence-electron chi connectivity index (χ1n) is 8.76. The Morgan fingerprint density at radius 2 is 1.82 bits per heavy atom. The molecule has 0 unspecified atom stereocenters. The van der Waals surface area contributed by atoms with Crippen molar-refractivity contribution in [2.45, 2.75) is 12.8 Å². The molecular weight excluding hydrogens is 361 g/mol. The van der Waals surface area contributed by atoms with E-state index in [0.717, 1.165) is 0 Å². The second kappa shape index (κ2) is 7.60. The van der Waals surface area contributed by atoms with Gasteiger partial charge in [0.25, 0.3) is 5.91 Å². The second-order valence-corrected chi connectivity index (χ2v) is 6.26. The summed E-state index contributed by atoms with van der Waals surface area (Å²) in [6.45, 7) is 0.0758. The fourth-order valence-electron chi connectivity index (χ4n) is 3.00. The first-order valence-corrected chi connectivity index (χ1v) is 8.76. The lowest BCUT2D eigenvalue weighted by Crippen LogP contribution is -2.36. The van der Waals surface area contributed by atoms with E-state index in [1.807, 2.05) is 6.07 Å². The number of halogens is 1. The van der Waals surface area contributed by atoms with E-state index in [9.17, 15) is 9.18 Å². The number of amides is 1. The van der Waals surface area contributed by atoms with Crippen LogP contribution in [0.15, 0.2) is 66.7 Å². The van der Waals surface area contributed by atoms with Crippen LogP contribution >= 0.6 is 0 Å². The Balaban J connectivity index is 1.54. The molecule has 5 nitrogen and oxygen atoms in total. The number of para-hydroxylation sites is 1. The summed E-state index contributed by atoms with van der Waals surface area (Å²) >= 11 is 0. The van der Waals surface area contributed by atoms with E-state index < -0.39 is 6.23 Å². The number of benzene rings is 3. The molecule has 1 amide bonds. The van der Waals surface area contributed by atoms with Crippen LogP contribution in [0.4, 0.5) is 4.39 Å². The van der Waals surface area contributed by atoms with Crippen LogP contribution in [-0.4, -0.2) is 13.0 Å². The Hall–Kier alpha value is -3.54. The van der Waals surface area contributed by atoms with Gasteiger partial charge in [0.2, 0.25) is 0 Å². The topological polar surface area (TPSA) is 56.8 Å². The molecule has 3 aromatic rings. The van der Waals surface area contributed by atoms with Crippen molar-refractivity contribution in [2.75, 3.05) is 7.11 Å². The van der Waals surface area contributed by atoms with E-state index in [1.54, 1.807) is 54.6 Å². The van der Waals surface area contributed by atoms with Gasteiger partial charge in [-0.3, -0.25) is 4.79 Å². The van der Waals surface area contributed by atoms with Gasteiger partial charge in [-0.05, 0) is 36.4 Å². The molecule has 28 heavy (non-hydrogen) atoms. The van der Waals surface area contributed by atoms with Gasteiger partial charge in [-0.2, -0.15) is 0 Å². The summed E-state index contributed by atoms with van der Waals surface area (Å²) in [5, 5.41) is 2.82. The van der Waals surface area contributed by atoms with Crippen LogP contribution in [0.2, 0.25) is 0 Å². The van der Waals surface area contributed by atoms with Gasteiger partial charge in [0.15, 0.2) is 17.7 Å². The molecule has 0 saturated carbocycles. The Morgan fingerprint density at radius 1 is 1.04 bits per heavy atom. The third-order valence-corrected chi connectivity index (χ3v) is 4.47. The Bertz CT molecular complexity index is 1020. The van der Waals surface area contributed by atoms with Gasteiger partial charge in [-0.15, -0.1) is 0 Å². The number of nitrogens with one attached hydrogen (secondary N) is 1. The van der Waals surface area contributed by atoms with E-state index in [1.165, 1.54) is 13.2 Å². The Labute approximate surface area is 161 Å². The molecule has 0 bridgehead atoms. The monoisotopic (exact) mass is 379 g/mol. The zero-order valence-electron chi connectivity index (χ0n) is 15.1. The molecule has 1 atom stereocenters. The van der Waals surface area contributed by atoms with Crippen molar-refractivity contribution >= 4 is 5.91 Å². The largest absolute Gasteiger partial charge is 0.493 e. The standard InChI is InChI=1S/C22H18FNO4/c1-26-20-12-14(22-24-21(25)16-7-3-5-9-18(16)28-22)10-11-19(20)27-13-15-6-2-4-8-17(15)23/h2-12,22H,13H2,1H3,(H,24,25)/t22-/m0/s1. The lowest BCUT2D eigenvalue weighted by Gasteiger charge is -2.27. The van der Waals surface area contributed by atoms with Gasteiger partial charge in [0, 0.05) is 11.1 Å². The van der Waals surface area contributed by atoms with Crippen LogP contribution in [-0.2, 0) is 6.61 Å². The molecule has 1 aliphatic rings. The highest BCUT2D eigenvalue weighted by Crippen LogP contribution is 2.34. The van der Waals surface area contributed by atoms with E-state index in [0.29, 0.717) is 33.9 Å². The van der Waals surface area contributed by atoms with Gasteiger partial charge < -0.3 is 19.5 Å². The van der Waals surface area contributed by atoms with Crippen molar-refractivity contribution in [3.63, 3.8) is 0 Å². The second-order valence-electron chi connectivity index (χ2n) is 6.26. The van der Waals surface area contributed by atoms with E-state index in [4.69, 9.17) is 14.2 Å². The van der Waals surface area contributed by atoms with Crippen LogP contribution in [0, 0.1) is 5.82 Å². The Morgan fingerprint density at radius 3 is 2.64 bits per heavy atom.